The third-order valence-electron chi connectivity index (χ3n) is 6.10. The lowest BCUT2D eigenvalue weighted by atomic mass is 10.0. The van der Waals surface area contributed by atoms with E-state index in [1.165, 1.54) is 25.7 Å². The maximum atomic E-state index is 15.9. The molecule has 202 valence electrons. The summed E-state index contributed by atoms with van der Waals surface area (Å²) in [6, 6.07) is 8.67. The average Bonchev–Trinajstić information content (AvgIpc) is 3.34. The SMILES string of the molecule is COc1cccc(OC)c1-n1c(NS(=O)(=O)[C@@H](C)[C@](C)(F)c2ncc(C#N)cn2)nnc1-c1cncc(C)c1. The fraction of sp³-hybridized carbons (Fsp3) is 0.280. The number of hydrogen-bond donors (Lipinski definition) is 1. The van der Waals surface area contributed by atoms with Crippen LogP contribution in [-0.4, -0.2) is 57.6 Å². The molecule has 14 heteroatoms. The Morgan fingerprint density at radius 3 is 2.31 bits per heavy atom. The molecule has 0 bridgehead atoms. The number of benzene rings is 1. The summed E-state index contributed by atoms with van der Waals surface area (Å²) in [6.45, 7) is 4.08. The number of alkyl halides is 1. The zero-order valence-corrected chi connectivity index (χ0v) is 22.6. The number of aryl methyl sites for hydroxylation is 1. The lowest BCUT2D eigenvalue weighted by Crippen LogP contribution is -2.41. The Bertz CT molecular complexity index is 1630. The standard InChI is InChI=1S/C25H25FN8O4S/c1-15-9-18(14-28-11-15)22-31-32-24(34(22)21-19(37-4)7-6-8-20(21)38-5)33-39(35,36)16(2)25(3,26)23-29-12-17(10-27)13-30-23/h6-9,11-14,16H,1-5H3,(H,32,33)/t16-,25-/m0/s1. The number of nitrogens with one attached hydrogen (secondary N) is 1. The molecule has 39 heavy (non-hydrogen) atoms. The Hall–Kier alpha value is -4.64. The highest BCUT2D eigenvalue weighted by Gasteiger charge is 2.45. The lowest BCUT2D eigenvalue weighted by Gasteiger charge is -2.26. The molecule has 3 aromatic heterocycles. The number of nitrogens with zero attached hydrogens (tertiary/aromatic N) is 7. The van der Waals surface area contributed by atoms with Gasteiger partial charge in [0, 0.05) is 30.4 Å². The number of anilines is 1. The summed E-state index contributed by atoms with van der Waals surface area (Å²) in [6.07, 6.45) is 5.46. The highest BCUT2D eigenvalue weighted by molar-refractivity contribution is 7.93. The average molecular weight is 553 g/mol. The molecule has 0 amide bonds. The van der Waals surface area contributed by atoms with Gasteiger partial charge in [0.2, 0.25) is 16.0 Å². The van der Waals surface area contributed by atoms with Crippen molar-refractivity contribution in [3.63, 3.8) is 0 Å². The van der Waals surface area contributed by atoms with Gasteiger partial charge in [-0.1, -0.05) is 6.07 Å². The lowest BCUT2D eigenvalue weighted by molar-refractivity contribution is 0.175. The van der Waals surface area contributed by atoms with E-state index in [1.807, 2.05) is 13.0 Å². The maximum Gasteiger partial charge on any atom is 0.243 e. The number of rotatable bonds is 9. The van der Waals surface area contributed by atoms with Crippen molar-refractivity contribution in [3.05, 3.63) is 66.0 Å². The van der Waals surface area contributed by atoms with Gasteiger partial charge in [0.25, 0.3) is 0 Å². The molecule has 0 unspecified atom stereocenters. The number of ether oxygens (including phenoxy) is 2. The van der Waals surface area contributed by atoms with E-state index in [1.54, 1.807) is 36.7 Å². The number of halogens is 1. The Kier molecular flexibility index (Phi) is 7.46. The van der Waals surface area contributed by atoms with Crippen LogP contribution < -0.4 is 14.2 Å². The van der Waals surface area contributed by atoms with E-state index in [-0.39, 0.29) is 17.3 Å². The van der Waals surface area contributed by atoms with Crippen molar-refractivity contribution in [3.8, 4) is 34.6 Å². The van der Waals surface area contributed by atoms with E-state index in [9.17, 15) is 8.42 Å². The molecule has 3 heterocycles. The van der Waals surface area contributed by atoms with Gasteiger partial charge in [-0.05, 0) is 44.5 Å². The molecular formula is C25H25FN8O4S. The van der Waals surface area contributed by atoms with Gasteiger partial charge in [-0.15, -0.1) is 10.2 Å². The minimum absolute atomic E-state index is 0.111. The predicted octanol–water partition coefficient (Wildman–Crippen LogP) is 3.33. The molecule has 4 rings (SSSR count). The number of sulfonamides is 1. The quantitative estimate of drug-likeness (QED) is 0.326. The third-order valence-corrected chi connectivity index (χ3v) is 7.94. The number of para-hydroxylation sites is 1. The predicted molar refractivity (Wildman–Crippen MR) is 140 cm³/mol. The van der Waals surface area contributed by atoms with Crippen molar-refractivity contribution in [2.24, 2.45) is 0 Å². The van der Waals surface area contributed by atoms with Crippen molar-refractivity contribution in [1.82, 2.24) is 29.7 Å². The molecule has 0 aliphatic rings. The summed E-state index contributed by atoms with van der Waals surface area (Å²) >= 11 is 0. The van der Waals surface area contributed by atoms with Crippen molar-refractivity contribution in [2.45, 2.75) is 31.7 Å². The monoisotopic (exact) mass is 552 g/mol. The summed E-state index contributed by atoms with van der Waals surface area (Å²) in [5.41, 5.74) is -0.737. The largest absolute Gasteiger partial charge is 0.494 e. The second-order valence-electron chi connectivity index (χ2n) is 8.72. The van der Waals surface area contributed by atoms with E-state index in [0.717, 1.165) is 24.9 Å². The van der Waals surface area contributed by atoms with Crippen LogP contribution in [0.5, 0.6) is 11.5 Å². The smallest absolute Gasteiger partial charge is 0.243 e. The van der Waals surface area contributed by atoms with E-state index in [0.29, 0.717) is 22.7 Å². The summed E-state index contributed by atoms with van der Waals surface area (Å²) in [5.74, 6) is 0.283. The van der Waals surface area contributed by atoms with Gasteiger partial charge in [-0.25, -0.2) is 22.8 Å². The number of methoxy groups -OCH3 is 2. The Labute approximate surface area is 224 Å². The summed E-state index contributed by atoms with van der Waals surface area (Å²) in [5, 5.41) is 15.6. The number of hydrogen-bond acceptors (Lipinski definition) is 10. The van der Waals surface area contributed by atoms with Crippen LogP contribution in [0.3, 0.4) is 0 Å². The summed E-state index contributed by atoms with van der Waals surface area (Å²) < 4.78 is 57.8. The molecule has 2 atom stereocenters. The molecule has 4 aromatic rings. The van der Waals surface area contributed by atoms with Gasteiger partial charge in [0.05, 0.1) is 19.8 Å². The van der Waals surface area contributed by atoms with Crippen LogP contribution >= 0.6 is 0 Å². The van der Waals surface area contributed by atoms with Crippen LogP contribution in [0.1, 0.15) is 30.8 Å². The molecule has 0 spiro atoms. The van der Waals surface area contributed by atoms with Crippen molar-refractivity contribution in [2.75, 3.05) is 18.9 Å². The molecular weight excluding hydrogens is 527 g/mol. The Morgan fingerprint density at radius 2 is 1.74 bits per heavy atom. The molecule has 0 aliphatic carbocycles. The van der Waals surface area contributed by atoms with E-state index in [2.05, 4.69) is 29.9 Å². The highest BCUT2D eigenvalue weighted by Crippen LogP contribution is 2.38. The van der Waals surface area contributed by atoms with Crippen LogP contribution in [0, 0.1) is 18.3 Å². The maximum absolute atomic E-state index is 15.9. The van der Waals surface area contributed by atoms with E-state index < -0.39 is 26.8 Å². The van der Waals surface area contributed by atoms with Gasteiger partial charge < -0.3 is 9.47 Å². The zero-order valence-electron chi connectivity index (χ0n) is 21.7. The zero-order chi connectivity index (χ0) is 28.4. The van der Waals surface area contributed by atoms with Crippen LogP contribution in [0.4, 0.5) is 10.3 Å². The van der Waals surface area contributed by atoms with Gasteiger partial charge in [0.15, 0.2) is 17.3 Å². The first kappa shape index (κ1) is 27.4. The van der Waals surface area contributed by atoms with E-state index >= 15 is 4.39 Å². The molecule has 0 aliphatic heterocycles. The van der Waals surface area contributed by atoms with Gasteiger partial charge in [-0.3, -0.25) is 14.3 Å². The molecule has 0 fully saturated rings. The molecule has 0 radical (unpaired) electrons. The molecule has 12 nitrogen and oxygen atoms in total. The first-order valence-electron chi connectivity index (χ1n) is 11.6. The van der Waals surface area contributed by atoms with Crippen molar-refractivity contribution < 1.29 is 22.3 Å². The third kappa shape index (κ3) is 5.21. The second kappa shape index (κ2) is 10.6. The highest BCUT2D eigenvalue weighted by atomic mass is 32.2. The van der Waals surface area contributed by atoms with Crippen LogP contribution in [-0.2, 0) is 15.7 Å². The Balaban J connectivity index is 1.85. The summed E-state index contributed by atoms with van der Waals surface area (Å²) in [7, 11) is -1.57. The second-order valence-corrected chi connectivity index (χ2v) is 10.7. The number of pyridine rings is 1. The number of nitriles is 1. The Morgan fingerprint density at radius 1 is 1.10 bits per heavy atom. The van der Waals surface area contributed by atoms with Gasteiger partial charge in [0.1, 0.15) is 28.5 Å². The minimum atomic E-state index is -4.47. The molecule has 0 saturated heterocycles. The molecule has 0 saturated carbocycles. The van der Waals surface area contributed by atoms with Crippen LogP contribution in [0.15, 0.2) is 49.1 Å². The fourth-order valence-corrected chi connectivity index (χ4v) is 5.06. The van der Waals surface area contributed by atoms with Gasteiger partial charge in [-0.2, -0.15) is 5.26 Å². The topological polar surface area (TPSA) is 158 Å². The summed E-state index contributed by atoms with van der Waals surface area (Å²) in [4.78, 5) is 11.9. The fourth-order valence-electron chi connectivity index (χ4n) is 3.81. The van der Waals surface area contributed by atoms with Crippen LogP contribution in [0.2, 0.25) is 0 Å². The van der Waals surface area contributed by atoms with Crippen LogP contribution in [0.25, 0.3) is 17.1 Å². The normalized spacial score (nSPS) is 13.7. The van der Waals surface area contributed by atoms with Crippen molar-refractivity contribution in [1.29, 1.82) is 5.26 Å². The van der Waals surface area contributed by atoms with Gasteiger partial charge >= 0.3 is 0 Å². The van der Waals surface area contributed by atoms with E-state index in [4.69, 9.17) is 14.7 Å². The molecule has 1 N–H and O–H groups in total. The first-order chi connectivity index (χ1) is 18.5. The molecule has 1 aromatic carbocycles. The van der Waals surface area contributed by atoms with Crippen molar-refractivity contribution >= 4 is 16.0 Å². The minimum Gasteiger partial charge on any atom is -0.494 e. The number of aromatic nitrogens is 6. The first-order valence-corrected chi connectivity index (χ1v) is 13.1.